The Hall–Kier alpha value is -1.69. The van der Waals surface area contributed by atoms with Gasteiger partial charge in [0.2, 0.25) is 0 Å². The van der Waals surface area contributed by atoms with E-state index in [-0.39, 0.29) is 17.9 Å². The summed E-state index contributed by atoms with van der Waals surface area (Å²) >= 11 is 3.29. The van der Waals surface area contributed by atoms with Gasteiger partial charge in [0.15, 0.2) is 0 Å². The van der Waals surface area contributed by atoms with E-state index >= 15 is 0 Å². The number of halogens is 2. The first-order valence-corrected chi connectivity index (χ1v) is 7.50. The molecule has 6 heteroatoms. The second-order valence-electron chi connectivity index (χ2n) is 5.25. The summed E-state index contributed by atoms with van der Waals surface area (Å²) in [7, 11) is 0. The van der Waals surface area contributed by atoms with Crippen LogP contribution in [0.25, 0.3) is 0 Å². The molecule has 2 aromatic rings. The van der Waals surface area contributed by atoms with E-state index in [1.165, 1.54) is 16.8 Å². The second-order valence-corrected chi connectivity index (χ2v) is 6.17. The lowest BCUT2D eigenvalue weighted by Crippen LogP contribution is -2.24. The van der Waals surface area contributed by atoms with Gasteiger partial charge in [-0.05, 0) is 24.1 Å². The molecular weight excluding hydrogens is 337 g/mol. The molecule has 1 N–H and O–H groups in total. The van der Waals surface area contributed by atoms with E-state index in [0.717, 1.165) is 11.0 Å². The maximum atomic E-state index is 13.7. The molecule has 0 spiro atoms. The van der Waals surface area contributed by atoms with Crippen molar-refractivity contribution in [3.63, 3.8) is 0 Å². The molecule has 0 radical (unpaired) electrons. The summed E-state index contributed by atoms with van der Waals surface area (Å²) in [6.45, 7) is 5.04. The Balaban J connectivity index is 2.18. The average Bonchev–Trinajstić information content (AvgIpc) is 2.43. The molecule has 0 saturated carbocycles. The molecule has 112 valence electrons. The molecule has 0 fully saturated rings. The topological polar surface area (TPSA) is 46.9 Å². The standard InChI is InChI=1S/C15H17BrFN3O/c1-10(2)7-18-13-6-15(21)20(19-8-13)9-11-5-12(16)3-4-14(11)17/h3-6,8,10,18H,7,9H2,1-2H3. The molecule has 0 unspecified atom stereocenters. The van der Waals surface area contributed by atoms with Crippen molar-refractivity contribution >= 4 is 21.6 Å². The minimum Gasteiger partial charge on any atom is -0.383 e. The highest BCUT2D eigenvalue weighted by atomic mass is 79.9. The quantitative estimate of drug-likeness (QED) is 0.897. The van der Waals surface area contributed by atoms with Crippen LogP contribution in [0.5, 0.6) is 0 Å². The van der Waals surface area contributed by atoms with E-state index in [2.05, 4.69) is 40.2 Å². The number of anilines is 1. The Morgan fingerprint density at radius 2 is 2.14 bits per heavy atom. The Morgan fingerprint density at radius 1 is 1.38 bits per heavy atom. The zero-order chi connectivity index (χ0) is 15.4. The first-order valence-electron chi connectivity index (χ1n) is 6.70. The van der Waals surface area contributed by atoms with Crippen LogP contribution in [0.4, 0.5) is 10.1 Å². The molecule has 2 rings (SSSR count). The monoisotopic (exact) mass is 353 g/mol. The molecule has 0 aliphatic heterocycles. The van der Waals surface area contributed by atoms with Crippen LogP contribution in [-0.2, 0) is 6.54 Å². The van der Waals surface area contributed by atoms with Gasteiger partial charge >= 0.3 is 0 Å². The van der Waals surface area contributed by atoms with E-state index < -0.39 is 0 Å². The Morgan fingerprint density at radius 3 is 2.81 bits per heavy atom. The molecule has 0 saturated heterocycles. The number of hydrogen-bond acceptors (Lipinski definition) is 3. The van der Waals surface area contributed by atoms with Crippen LogP contribution >= 0.6 is 15.9 Å². The average molecular weight is 354 g/mol. The summed E-state index contributed by atoms with van der Waals surface area (Å²) in [6, 6.07) is 6.11. The fourth-order valence-electron chi connectivity index (χ4n) is 1.80. The molecule has 1 heterocycles. The lowest BCUT2D eigenvalue weighted by Gasteiger charge is -2.10. The third-order valence-electron chi connectivity index (χ3n) is 2.91. The predicted molar refractivity (Wildman–Crippen MR) is 85.0 cm³/mol. The van der Waals surface area contributed by atoms with Crippen molar-refractivity contribution in [1.29, 1.82) is 0 Å². The normalized spacial score (nSPS) is 10.9. The zero-order valence-corrected chi connectivity index (χ0v) is 13.5. The summed E-state index contributed by atoms with van der Waals surface area (Å²) in [4.78, 5) is 12.0. The number of hydrogen-bond donors (Lipinski definition) is 1. The minimum atomic E-state index is -0.353. The minimum absolute atomic E-state index is 0.106. The number of benzene rings is 1. The molecule has 21 heavy (non-hydrogen) atoms. The first kappa shape index (κ1) is 15.7. The molecule has 1 aromatic heterocycles. The number of nitrogens with one attached hydrogen (secondary N) is 1. The van der Waals surface area contributed by atoms with E-state index in [1.807, 2.05) is 0 Å². The zero-order valence-electron chi connectivity index (χ0n) is 11.9. The van der Waals surface area contributed by atoms with Crippen molar-refractivity contribution in [3.05, 3.63) is 56.7 Å². The van der Waals surface area contributed by atoms with Gasteiger partial charge in [0.1, 0.15) is 5.82 Å². The highest BCUT2D eigenvalue weighted by molar-refractivity contribution is 9.10. The third-order valence-corrected chi connectivity index (χ3v) is 3.41. The highest BCUT2D eigenvalue weighted by Gasteiger charge is 2.07. The van der Waals surface area contributed by atoms with Crippen LogP contribution in [0.1, 0.15) is 19.4 Å². The van der Waals surface area contributed by atoms with Crippen molar-refractivity contribution in [1.82, 2.24) is 9.78 Å². The Bertz CT molecular complexity index is 685. The summed E-state index contributed by atoms with van der Waals surface area (Å²) in [5.41, 5.74) is 0.838. The van der Waals surface area contributed by atoms with E-state index in [0.29, 0.717) is 17.2 Å². The molecule has 0 amide bonds. The molecular formula is C15H17BrFN3O. The number of rotatable bonds is 5. The SMILES string of the molecule is CC(C)CNc1cnn(Cc2cc(Br)ccc2F)c(=O)c1. The van der Waals surface area contributed by atoms with Crippen molar-refractivity contribution in [3.8, 4) is 0 Å². The van der Waals surface area contributed by atoms with Gasteiger partial charge in [0.05, 0.1) is 18.4 Å². The van der Waals surface area contributed by atoms with Crippen molar-refractivity contribution in [2.24, 2.45) is 5.92 Å². The molecule has 0 atom stereocenters. The smallest absolute Gasteiger partial charge is 0.269 e. The lowest BCUT2D eigenvalue weighted by atomic mass is 10.2. The van der Waals surface area contributed by atoms with Gasteiger partial charge in [0.25, 0.3) is 5.56 Å². The fraction of sp³-hybridized carbons (Fsp3) is 0.333. The van der Waals surface area contributed by atoms with Gasteiger partial charge in [-0.15, -0.1) is 0 Å². The molecule has 0 bridgehead atoms. The maximum absolute atomic E-state index is 13.7. The van der Waals surface area contributed by atoms with E-state index in [1.54, 1.807) is 18.3 Å². The molecule has 0 aliphatic carbocycles. The third kappa shape index (κ3) is 4.39. The van der Waals surface area contributed by atoms with Crippen LogP contribution in [0.2, 0.25) is 0 Å². The lowest BCUT2D eigenvalue weighted by molar-refractivity contribution is 0.572. The van der Waals surface area contributed by atoms with Gasteiger partial charge in [-0.25, -0.2) is 9.07 Å². The van der Waals surface area contributed by atoms with Gasteiger partial charge in [-0.1, -0.05) is 29.8 Å². The molecule has 4 nitrogen and oxygen atoms in total. The summed E-state index contributed by atoms with van der Waals surface area (Å²) in [5.74, 6) is 0.122. The van der Waals surface area contributed by atoms with Crippen LogP contribution in [0, 0.1) is 11.7 Å². The van der Waals surface area contributed by atoms with Crippen LogP contribution in [-0.4, -0.2) is 16.3 Å². The van der Waals surface area contributed by atoms with Crippen LogP contribution in [0.3, 0.4) is 0 Å². The van der Waals surface area contributed by atoms with E-state index in [9.17, 15) is 9.18 Å². The second kappa shape index (κ2) is 6.85. The van der Waals surface area contributed by atoms with Crippen LogP contribution < -0.4 is 10.9 Å². The summed E-state index contributed by atoms with van der Waals surface area (Å²) in [5, 5.41) is 7.22. The Kier molecular flexibility index (Phi) is 5.12. The predicted octanol–water partition coefficient (Wildman–Crippen LogP) is 3.26. The molecule has 1 aromatic carbocycles. The fourth-order valence-corrected chi connectivity index (χ4v) is 2.21. The van der Waals surface area contributed by atoms with Gasteiger partial charge in [-0.3, -0.25) is 4.79 Å². The Labute approximate surface area is 131 Å². The number of aromatic nitrogens is 2. The summed E-state index contributed by atoms with van der Waals surface area (Å²) < 4.78 is 15.7. The van der Waals surface area contributed by atoms with Crippen molar-refractivity contribution < 1.29 is 4.39 Å². The largest absolute Gasteiger partial charge is 0.383 e. The van der Waals surface area contributed by atoms with Crippen molar-refractivity contribution in [2.75, 3.05) is 11.9 Å². The van der Waals surface area contributed by atoms with E-state index in [4.69, 9.17) is 0 Å². The van der Waals surface area contributed by atoms with Crippen molar-refractivity contribution in [2.45, 2.75) is 20.4 Å². The maximum Gasteiger partial charge on any atom is 0.269 e. The summed E-state index contributed by atoms with van der Waals surface area (Å²) in [6.07, 6.45) is 1.58. The van der Waals surface area contributed by atoms with Gasteiger partial charge in [0, 0.05) is 22.6 Å². The first-order chi connectivity index (χ1) is 9.95. The number of nitrogens with zero attached hydrogens (tertiary/aromatic N) is 2. The van der Waals surface area contributed by atoms with Gasteiger partial charge in [-0.2, -0.15) is 5.10 Å². The molecule has 0 aliphatic rings. The van der Waals surface area contributed by atoms with Crippen LogP contribution in [0.15, 0.2) is 39.7 Å². The van der Waals surface area contributed by atoms with Gasteiger partial charge < -0.3 is 5.32 Å². The highest BCUT2D eigenvalue weighted by Crippen LogP contribution is 2.16.